The topological polar surface area (TPSA) is 101 Å². The number of thiazole rings is 1. The van der Waals surface area contributed by atoms with E-state index >= 15 is 0 Å². The summed E-state index contributed by atoms with van der Waals surface area (Å²) in [5.41, 5.74) is 5.52. The third-order valence-corrected chi connectivity index (χ3v) is 2.85. The molecular formula is C12H10N4O2S. The SMILES string of the molecule is NCC#Cc1cnc(NC(=O)c2cncc(O)c2)s1. The van der Waals surface area contributed by atoms with Crippen LogP contribution in [0.2, 0.25) is 0 Å². The van der Waals surface area contributed by atoms with Crippen molar-refractivity contribution < 1.29 is 9.90 Å². The summed E-state index contributed by atoms with van der Waals surface area (Å²) in [6.45, 7) is 0.272. The van der Waals surface area contributed by atoms with Crippen LogP contribution >= 0.6 is 11.3 Å². The number of rotatable bonds is 2. The molecule has 0 aromatic carbocycles. The molecule has 7 heteroatoms. The largest absolute Gasteiger partial charge is 0.506 e. The first-order valence-electron chi connectivity index (χ1n) is 5.29. The van der Waals surface area contributed by atoms with E-state index in [4.69, 9.17) is 5.73 Å². The van der Waals surface area contributed by atoms with Crippen molar-refractivity contribution in [3.8, 4) is 17.6 Å². The van der Waals surface area contributed by atoms with Gasteiger partial charge in [0.05, 0.1) is 29.4 Å². The molecule has 19 heavy (non-hydrogen) atoms. The van der Waals surface area contributed by atoms with E-state index in [1.54, 1.807) is 6.20 Å². The summed E-state index contributed by atoms with van der Waals surface area (Å²) in [6, 6.07) is 1.32. The Morgan fingerprint density at radius 2 is 2.32 bits per heavy atom. The fourth-order valence-corrected chi connectivity index (χ4v) is 1.94. The summed E-state index contributed by atoms with van der Waals surface area (Å²) >= 11 is 1.24. The van der Waals surface area contributed by atoms with Crippen LogP contribution in [0.3, 0.4) is 0 Å². The summed E-state index contributed by atoms with van der Waals surface area (Å²) < 4.78 is 0. The van der Waals surface area contributed by atoms with Gasteiger partial charge in [0.15, 0.2) is 5.13 Å². The van der Waals surface area contributed by atoms with Crippen molar-refractivity contribution in [2.24, 2.45) is 5.73 Å². The van der Waals surface area contributed by atoms with Crippen LogP contribution in [0.15, 0.2) is 24.7 Å². The van der Waals surface area contributed by atoms with Crippen LogP contribution < -0.4 is 11.1 Å². The van der Waals surface area contributed by atoms with Gasteiger partial charge in [0.1, 0.15) is 5.75 Å². The fraction of sp³-hybridized carbons (Fsp3) is 0.0833. The molecule has 0 fully saturated rings. The average molecular weight is 274 g/mol. The first kappa shape index (κ1) is 13.0. The van der Waals surface area contributed by atoms with Gasteiger partial charge in [-0.05, 0) is 6.07 Å². The number of anilines is 1. The second-order valence-electron chi connectivity index (χ2n) is 3.42. The third kappa shape index (κ3) is 3.51. The zero-order valence-corrected chi connectivity index (χ0v) is 10.6. The Hall–Kier alpha value is -2.43. The lowest BCUT2D eigenvalue weighted by atomic mass is 10.2. The number of aromatic hydroxyl groups is 1. The number of pyridine rings is 1. The van der Waals surface area contributed by atoms with Gasteiger partial charge in [-0.2, -0.15) is 0 Å². The molecule has 2 heterocycles. The number of carbonyl (C=O) groups excluding carboxylic acids is 1. The lowest BCUT2D eigenvalue weighted by Crippen LogP contribution is -2.11. The van der Waals surface area contributed by atoms with Crippen molar-refractivity contribution in [3.63, 3.8) is 0 Å². The van der Waals surface area contributed by atoms with Crippen molar-refractivity contribution in [2.75, 3.05) is 11.9 Å². The molecule has 0 spiro atoms. The van der Waals surface area contributed by atoms with E-state index in [1.807, 2.05) is 0 Å². The van der Waals surface area contributed by atoms with Gasteiger partial charge in [-0.3, -0.25) is 15.1 Å². The number of hydrogen-bond acceptors (Lipinski definition) is 6. The fourth-order valence-electron chi connectivity index (χ4n) is 1.25. The van der Waals surface area contributed by atoms with E-state index < -0.39 is 5.91 Å². The summed E-state index contributed by atoms with van der Waals surface area (Å²) in [5.74, 6) is 5.07. The monoisotopic (exact) mass is 274 g/mol. The first-order valence-corrected chi connectivity index (χ1v) is 6.11. The van der Waals surface area contributed by atoms with Crippen molar-refractivity contribution in [1.82, 2.24) is 9.97 Å². The van der Waals surface area contributed by atoms with Crippen molar-refractivity contribution in [3.05, 3.63) is 35.1 Å². The Labute approximate surface area is 113 Å². The molecule has 0 unspecified atom stereocenters. The predicted octanol–water partition coefficient (Wildman–Crippen LogP) is 0.806. The molecule has 0 atom stereocenters. The molecule has 0 aliphatic carbocycles. The average Bonchev–Trinajstić information content (AvgIpc) is 2.84. The van der Waals surface area contributed by atoms with Crippen molar-refractivity contribution >= 4 is 22.4 Å². The maximum Gasteiger partial charge on any atom is 0.259 e. The normalized spacial score (nSPS) is 9.53. The van der Waals surface area contributed by atoms with E-state index in [-0.39, 0.29) is 17.9 Å². The number of nitrogens with zero attached hydrogens (tertiary/aromatic N) is 2. The minimum Gasteiger partial charge on any atom is -0.506 e. The predicted molar refractivity (Wildman–Crippen MR) is 71.9 cm³/mol. The Balaban J connectivity index is 2.09. The van der Waals surface area contributed by atoms with Gasteiger partial charge >= 0.3 is 0 Å². The van der Waals surface area contributed by atoms with Gasteiger partial charge in [-0.1, -0.05) is 23.2 Å². The molecule has 2 rings (SSSR count). The molecule has 1 amide bonds. The highest BCUT2D eigenvalue weighted by Crippen LogP contribution is 2.18. The van der Waals surface area contributed by atoms with Crippen molar-refractivity contribution in [1.29, 1.82) is 0 Å². The van der Waals surface area contributed by atoms with Gasteiger partial charge in [-0.25, -0.2) is 4.98 Å². The quantitative estimate of drug-likeness (QED) is 0.703. The maximum absolute atomic E-state index is 11.8. The van der Waals surface area contributed by atoms with E-state index in [0.29, 0.717) is 5.13 Å². The third-order valence-electron chi connectivity index (χ3n) is 2.03. The number of hydrogen-bond donors (Lipinski definition) is 3. The minimum atomic E-state index is -0.393. The lowest BCUT2D eigenvalue weighted by Gasteiger charge is -2.00. The van der Waals surface area contributed by atoms with Gasteiger partial charge in [0.25, 0.3) is 5.91 Å². The Morgan fingerprint density at radius 1 is 1.47 bits per heavy atom. The number of carbonyl (C=O) groups is 1. The maximum atomic E-state index is 11.8. The summed E-state index contributed by atoms with van der Waals surface area (Å²) in [4.78, 5) is 20.3. The van der Waals surface area contributed by atoms with Crippen LogP contribution in [0.5, 0.6) is 5.75 Å². The van der Waals surface area contributed by atoms with Gasteiger partial charge < -0.3 is 10.8 Å². The molecule has 6 nitrogen and oxygen atoms in total. The molecule has 96 valence electrons. The molecule has 2 aromatic heterocycles. The summed E-state index contributed by atoms with van der Waals surface area (Å²) in [5, 5.41) is 12.3. The summed E-state index contributed by atoms with van der Waals surface area (Å²) in [7, 11) is 0. The smallest absolute Gasteiger partial charge is 0.259 e. The number of nitrogens with two attached hydrogens (primary N) is 1. The van der Waals surface area contributed by atoms with Gasteiger partial charge in [-0.15, -0.1) is 0 Å². The second kappa shape index (κ2) is 5.95. The van der Waals surface area contributed by atoms with Gasteiger partial charge in [0.2, 0.25) is 0 Å². The minimum absolute atomic E-state index is 0.0682. The van der Waals surface area contributed by atoms with E-state index in [9.17, 15) is 9.90 Å². The number of nitrogens with one attached hydrogen (secondary N) is 1. The Morgan fingerprint density at radius 3 is 3.05 bits per heavy atom. The van der Waals surface area contributed by atoms with E-state index in [1.165, 1.54) is 29.8 Å². The van der Waals surface area contributed by atoms with Crippen LogP contribution in [0.25, 0.3) is 0 Å². The highest BCUT2D eigenvalue weighted by Gasteiger charge is 2.09. The standard InChI is InChI=1S/C12H10N4O2S/c13-3-1-2-10-7-15-12(19-10)16-11(18)8-4-9(17)6-14-5-8/h4-7,17H,3,13H2,(H,15,16,18). The molecule has 2 aromatic rings. The molecule has 4 N–H and O–H groups in total. The van der Waals surface area contributed by atoms with Crippen LogP contribution in [-0.2, 0) is 0 Å². The number of amides is 1. The summed E-state index contributed by atoms with van der Waals surface area (Å²) in [6.07, 6.45) is 4.17. The second-order valence-corrected chi connectivity index (χ2v) is 4.45. The Kier molecular flexibility index (Phi) is 4.07. The molecular weight excluding hydrogens is 264 g/mol. The van der Waals surface area contributed by atoms with Gasteiger partial charge in [0, 0.05) is 6.20 Å². The molecule has 0 saturated carbocycles. The molecule has 0 aliphatic rings. The zero-order valence-electron chi connectivity index (χ0n) is 9.75. The first-order chi connectivity index (χ1) is 9.19. The highest BCUT2D eigenvalue weighted by atomic mass is 32.1. The molecule has 0 saturated heterocycles. The van der Waals surface area contributed by atoms with E-state index in [0.717, 1.165) is 4.88 Å². The molecule has 0 bridgehead atoms. The van der Waals surface area contributed by atoms with Crippen LogP contribution in [-0.4, -0.2) is 27.5 Å². The highest BCUT2D eigenvalue weighted by molar-refractivity contribution is 7.16. The lowest BCUT2D eigenvalue weighted by molar-refractivity contribution is 0.102. The van der Waals surface area contributed by atoms with Crippen LogP contribution in [0, 0.1) is 11.8 Å². The van der Waals surface area contributed by atoms with Crippen LogP contribution in [0.4, 0.5) is 5.13 Å². The Bertz CT molecular complexity index is 657. The number of aromatic nitrogens is 2. The molecule has 0 aliphatic heterocycles. The molecule has 0 radical (unpaired) electrons. The van der Waals surface area contributed by atoms with E-state index in [2.05, 4.69) is 27.1 Å². The van der Waals surface area contributed by atoms with Crippen molar-refractivity contribution in [2.45, 2.75) is 0 Å². The zero-order chi connectivity index (χ0) is 13.7. The van der Waals surface area contributed by atoms with Crippen LogP contribution in [0.1, 0.15) is 15.2 Å².